The van der Waals surface area contributed by atoms with Crippen molar-refractivity contribution < 1.29 is 38.6 Å². The fourth-order valence-electron chi connectivity index (χ4n) is 3.17. The molecule has 3 unspecified atom stereocenters. The summed E-state index contributed by atoms with van der Waals surface area (Å²) in [5, 5.41) is 27.5. The van der Waals surface area contributed by atoms with E-state index in [0.29, 0.717) is 6.61 Å². The first-order chi connectivity index (χ1) is 15.9. The van der Waals surface area contributed by atoms with Crippen LogP contribution in [0.25, 0.3) is 0 Å². The highest BCUT2D eigenvalue weighted by atomic mass is 31.2. The quantitative estimate of drug-likeness (QED) is 0.0800. The number of aliphatic hydroxyl groups is 3. The highest BCUT2D eigenvalue weighted by Crippen LogP contribution is 2.43. The molecule has 0 spiro atoms. The van der Waals surface area contributed by atoms with E-state index in [1.807, 2.05) is 0 Å². The summed E-state index contributed by atoms with van der Waals surface area (Å²) in [4.78, 5) is 9.40. The van der Waals surface area contributed by atoms with Gasteiger partial charge in [0.25, 0.3) is 0 Å². The summed E-state index contributed by atoms with van der Waals surface area (Å²) >= 11 is 0. The Morgan fingerprint density at radius 1 is 0.727 bits per heavy atom. The van der Waals surface area contributed by atoms with Crippen LogP contribution in [0.2, 0.25) is 0 Å². The highest BCUT2D eigenvalue weighted by molar-refractivity contribution is 7.47. The number of allylic oxidation sites excluding steroid dienone is 2. The molecule has 0 aliphatic carbocycles. The summed E-state index contributed by atoms with van der Waals surface area (Å²) in [7, 11) is -4.38. The van der Waals surface area contributed by atoms with Gasteiger partial charge in [0.05, 0.1) is 26.4 Å². The van der Waals surface area contributed by atoms with Gasteiger partial charge in [-0.1, -0.05) is 76.9 Å². The average Bonchev–Trinajstić information content (AvgIpc) is 2.80. The topological polar surface area (TPSA) is 126 Å². The van der Waals surface area contributed by atoms with Gasteiger partial charge in [-0.15, -0.1) is 0 Å². The van der Waals surface area contributed by atoms with E-state index in [9.17, 15) is 14.6 Å². The van der Waals surface area contributed by atoms with Crippen molar-refractivity contribution in [3.05, 3.63) is 12.2 Å². The van der Waals surface area contributed by atoms with E-state index >= 15 is 0 Å². The first-order valence-electron chi connectivity index (χ1n) is 12.7. The lowest BCUT2D eigenvalue weighted by Crippen LogP contribution is -2.23. The summed E-state index contributed by atoms with van der Waals surface area (Å²) in [5.74, 6) is 0. The van der Waals surface area contributed by atoms with Gasteiger partial charge >= 0.3 is 7.82 Å². The third kappa shape index (κ3) is 24.6. The van der Waals surface area contributed by atoms with Gasteiger partial charge < -0.3 is 24.9 Å². The highest BCUT2D eigenvalue weighted by Gasteiger charge is 2.24. The van der Waals surface area contributed by atoms with E-state index < -0.39 is 39.9 Å². The van der Waals surface area contributed by atoms with Gasteiger partial charge in [-0.25, -0.2) is 4.57 Å². The van der Waals surface area contributed by atoms with Gasteiger partial charge in [-0.3, -0.25) is 9.05 Å². The van der Waals surface area contributed by atoms with Crippen LogP contribution in [-0.4, -0.2) is 65.5 Å². The van der Waals surface area contributed by atoms with Gasteiger partial charge in [0.1, 0.15) is 12.2 Å². The molecule has 0 aliphatic rings. The van der Waals surface area contributed by atoms with Crippen LogP contribution in [0.15, 0.2) is 12.2 Å². The average molecular weight is 497 g/mol. The second-order valence-electron chi connectivity index (χ2n) is 8.56. The van der Waals surface area contributed by atoms with Gasteiger partial charge in [-0.2, -0.15) is 0 Å². The second kappa shape index (κ2) is 23.4. The molecule has 33 heavy (non-hydrogen) atoms. The van der Waals surface area contributed by atoms with E-state index in [-0.39, 0.29) is 6.61 Å². The Morgan fingerprint density at radius 2 is 1.21 bits per heavy atom. The van der Waals surface area contributed by atoms with Crippen LogP contribution in [0.1, 0.15) is 96.8 Å². The van der Waals surface area contributed by atoms with Crippen LogP contribution in [0.5, 0.6) is 0 Å². The first-order valence-corrected chi connectivity index (χ1v) is 14.2. The van der Waals surface area contributed by atoms with E-state index in [1.54, 1.807) is 0 Å². The molecule has 0 aromatic rings. The summed E-state index contributed by atoms with van der Waals surface area (Å²) in [6.45, 7) is 1.23. The Labute approximate surface area is 201 Å². The minimum atomic E-state index is -4.38. The van der Waals surface area contributed by atoms with Gasteiger partial charge in [0, 0.05) is 6.61 Å². The summed E-state index contributed by atoms with van der Waals surface area (Å²) in [5.41, 5.74) is 0. The molecule has 198 valence electrons. The monoisotopic (exact) mass is 496 g/mol. The summed E-state index contributed by atoms with van der Waals surface area (Å²) < 4.78 is 26.0. The zero-order valence-corrected chi connectivity index (χ0v) is 21.5. The zero-order valence-electron chi connectivity index (χ0n) is 20.6. The molecule has 0 rings (SSSR count). The molecule has 0 saturated heterocycles. The largest absolute Gasteiger partial charge is 0.472 e. The fourth-order valence-corrected chi connectivity index (χ4v) is 3.97. The Kier molecular flexibility index (Phi) is 23.2. The van der Waals surface area contributed by atoms with Crippen LogP contribution in [0, 0.1) is 0 Å². The molecule has 4 N–H and O–H groups in total. The number of unbranched alkanes of at least 4 members (excludes halogenated alkanes) is 12. The number of phosphoric acid groups is 1. The van der Waals surface area contributed by atoms with Crippen LogP contribution < -0.4 is 0 Å². The number of rotatable bonds is 25. The molecule has 0 bridgehead atoms. The van der Waals surface area contributed by atoms with E-state index in [2.05, 4.69) is 28.1 Å². The van der Waals surface area contributed by atoms with E-state index in [0.717, 1.165) is 12.8 Å². The molecule has 8 nitrogen and oxygen atoms in total. The molecule has 0 radical (unpaired) electrons. The van der Waals surface area contributed by atoms with Crippen LogP contribution in [0.3, 0.4) is 0 Å². The number of aliphatic hydroxyl groups excluding tert-OH is 3. The van der Waals surface area contributed by atoms with Crippen molar-refractivity contribution in [3.8, 4) is 0 Å². The summed E-state index contributed by atoms with van der Waals surface area (Å²) in [6.07, 6.45) is 19.7. The lowest BCUT2D eigenvalue weighted by molar-refractivity contribution is -0.00437. The minimum absolute atomic E-state index is 0.00431. The summed E-state index contributed by atoms with van der Waals surface area (Å²) in [6, 6.07) is 0. The number of hydrogen-bond acceptors (Lipinski definition) is 7. The molecule has 0 aliphatic heterocycles. The lowest BCUT2D eigenvalue weighted by atomic mass is 10.1. The van der Waals surface area contributed by atoms with Crippen molar-refractivity contribution in [1.82, 2.24) is 0 Å². The van der Waals surface area contributed by atoms with Crippen molar-refractivity contribution in [3.63, 3.8) is 0 Å². The predicted molar refractivity (Wildman–Crippen MR) is 131 cm³/mol. The number of ether oxygens (including phenoxy) is 1. The second-order valence-corrected chi connectivity index (χ2v) is 10.0. The Bertz CT molecular complexity index is 489. The van der Waals surface area contributed by atoms with Gasteiger partial charge in [-0.05, 0) is 32.1 Å². The molecule has 0 aromatic carbocycles. The Hall–Kier alpha value is -0.310. The molecule has 0 saturated carbocycles. The molecule has 0 heterocycles. The molecule has 9 heteroatoms. The third-order valence-corrected chi connectivity index (χ3v) is 6.13. The number of phosphoric ester groups is 1. The maximum atomic E-state index is 11.5. The zero-order chi connectivity index (χ0) is 24.6. The molecule has 0 amide bonds. The van der Waals surface area contributed by atoms with Crippen molar-refractivity contribution >= 4 is 7.82 Å². The molecule has 0 aromatic heterocycles. The maximum Gasteiger partial charge on any atom is 0.472 e. The first kappa shape index (κ1) is 32.7. The van der Waals surface area contributed by atoms with Crippen LogP contribution >= 0.6 is 7.82 Å². The Morgan fingerprint density at radius 3 is 1.76 bits per heavy atom. The predicted octanol–water partition coefficient (Wildman–Crippen LogP) is 4.89. The standard InChI is InChI=1S/C24H49O8P/c1-2-3-4-5-6-7-8-9-10-11-12-13-14-15-16-17-18-30-20-24(27)22-32-33(28,29)31-21-23(26)19-25/h9-10,23-27H,2-8,11-22H2,1H3,(H,28,29)/b10-9-. The van der Waals surface area contributed by atoms with E-state index in [4.69, 9.17) is 14.9 Å². The molecular weight excluding hydrogens is 447 g/mol. The number of hydrogen-bond donors (Lipinski definition) is 4. The van der Waals surface area contributed by atoms with Crippen molar-refractivity contribution in [1.29, 1.82) is 0 Å². The normalized spacial score (nSPS) is 15.7. The van der Waals surface area contributed by atoms with Crippen molar-refractivity contribution in [2.75, 3.05) is 33.0 Å². The maximum absolute atomic E-state index is 11.5. The SMILES string of the molecule is CCCCCCCC/C=C\CCCCCCCCOCC(O)COP(=O)(O)OCC(O)CO. The molecular formula is C24H49O8P. The lowest BCUT2D eigenvalue weighted by Gasteiger charge is -2.16. The van der Waals surface area contributed by atoms with Gasteiger partial charge in [0.15, 0.2) is 0 Å². The Balaban J connectivity index is 3.40. The van der Waals surface area contributed by atoms with Crippen LogP contribution in [0.4, 0.5) is 0 Å². The third-order valence-electron chi connectivity index (χ3n) is 5.18. The molecule has 0 fully saturated rings. The van der Waals surface area contributed by atoms with Crippen molar-refractivity contribution in [2.24, 2.45) is 0 Å². The van der Waals surface area contributed by atoms with Crippen molar-refractivity contribution in [2.45, 2.75) is 109 Å². The van der Waals surface area contributed by atoms with E-state index in [1.165, 1.54) is 77.0 Å². The fraction of sp³-hybridized carbons (Fsp3) is 0.917. The molecule has 3 atom stereocenters. The van der Waals surface area contributed by atoms with Gasteiger partial charge in [0.2, 0.25) is 0 Å². The smallest absolute Gasteiger partial charge is 0.394 e. The van der Waals surface area contributed by atoms with Crippen LogP contribution in [-0.2, 0) is 18.3 Å². The minimum Gasteiger partial charge on any atom is -0.394 e.